The first-order valence-electron chi connectivity index (χ1n) is 7.86. The SMILES string of the molecule is CSCCC(NC(=O)c1ccccc1)C(=O)OCc1ccccc1Cl. The highest BCUT2D eigenvalue weighted by Crippen LogP contribution is 2.16. The Hall–Kier alpha value is -1.98. The van der Waals surface area contributed by atoms with E-state index < -0.39 is 12.0 Å². The van der Waals surface area contributed by atoms with Gasteiger partial charge < -0.3 is 10.1 Å². The summed E-state index contributed by atoms with van der Waals surface area (Å²) in [5.74, 6) is -0.0133. The molecule has 0 saturated heterocycles. The molecule has 0 heterocycles. The van der Waals surface area contributed by atoms with Gasteiger partial charge in [0.2, 0.25) is 0 Å². The van der Waals surface area contributed by atoms with Crippen molar-refractivity contribution in [3.63, 3.8) is 0 Å². The molecule has 6 heteroatoms. The van der Waals surface area contributed by atoms with E-state index in [1.807, 2.05) is 24.5 Å². The maximum atomic E-state index is 12.4. The summed E-state index contributed by atoms with van der Waals surface area (Å²) in [6.07, 6.45) is 2.45. The molecule has 0 aliphatic heterocycles. The largest absolute Gasteiger partial charge is 0.459 e. The van der Waals surface area contributed by atoms with Crippen molar-refractivity contribution in [2.24, 2.45) is 0 Å². The second-order valence-electron chi connectivity index (χ2n) is 5.37. The first kappa shape index (κ1) is 19.3. The molecule has 2 rings (SSSR count). The van der Waals surface area contributed by atoms with E-state index in [0.29, 0.717) is 17.0 Å². The molecule has 0 aliphatic carbocycles. The summed E-state index contributed by atoms with van der Waals surface area (Å²) in [5.41, 5.74) is 1.24. The molecule has 1 N–H and O–H groups in total. The molecule has 25 heavy (non-hydrogen) atoms. The van der Waals surface area contributed by atoms with Crippen molar-refractivity contribution < 1.29 is 14.3 Å². The zero-order valence-corrected chi connectivity index (χ0v) is 15.5. The molecular weight excluding hydrogens is 358 g/mol. The van der Waals surface area contributed by atoms with Gasteiger partial charge >= 0.3 is 5.97 Å². The molecule has 0 saturated carbocycles. The van der Waals surface area contributed by atoms with Crippen molar-refractivity contribution in [1.82, 2.24) is 5.32 Å². The number of hydrogen-bond donors (Lipinski definition) is 1. The Bertz CT molecular complexity index is 709. The Balaban J connectivity index is 1.99. The average Bonchev–Trinajstić information content (AvgIpc) is 2.64. The predicted molar refractivity (Wildman–Crippen MR) is 102 cm³/mol. The third kappa shape index (κ3) is 6.11. The number of nitrogens with one attached hydrogen (secondary N) is 1. The monoisotopic (exact) mass is 377 g/mol. The molecule has 132 valence electrons. The van der Waals surface area contributed by atoms with Crippen molar-refractivity contribution in [3.05, 3.63) is 70.7 Å². The molecule has 4 nitrogen and oxygen atoms in total. The summed E-state index contributed by atoms with van der Waals surface area (Å²) < 4.78 is 5.36. The lowest BCUT2D eigenvalue weighted by atomic mass is 10.1. The Kier molecular flexibility index (Phi) is 7.82. The molecule has 0 bridgehead atoms. The highest BCUT2D eigenvalue weighted by atomic mass is 35.5. The van der Waals surface area contributed by atoms with E-state index in [1.54, 1.807) is 48.2 Å². The van der Waals surface area contributed by atoms with Crippen molar-refractivity contribution in [2.45, 2.75) is 19.1 Å². The maximum absolute atomic E-state index is 12.4. The van der Waals surface area contributed by atoms with Crippen LogP contribution in [0, 0.1) is 0 Å². The number of carbonyl (C=O) groups is 2. The number of halogens is 1. The lowest BCUT2D eigenvalue weighted by Gasteiger charge is -2.17. The Morgan fingerprint density at radius 3 is 2.48 bits per heavy atom. The zero-order valence-electron chi connectivity index (χ0n) is 13.9. The van der Waals surface area contributed by atoms with Crippen molar-refractivity contribution in [3.8, 4) is 0 Å². The summed E-state index contributed by atoms with van der Waals surface area (Å²) in [6.45, 7) is 0.0789. The molecule has 1 unspecified atom stereocenters. The summed E-state index contributed by atoms with van der Waals surface area (Å²) in [4.78, 5) is 24.7. The second kappa shape index (κ2) is 10.1. The fourth-order valence-corrected chi connectivity index (χ4v) is 2.84. The fraction of sp³-hybridized carbons (Fsp3) is 0.263. The number of esters is 1. The summed E-state index contributed by atoms with van der Waals surface area (Å²) in [7, 11) is 0. The Morgan fingerprint density at radius 2 is 1.80 bits per heavy atom. The number of carbonyl (C=O) groups excluding carboxylic acids is 2. The maximum Gasteiger partial charge on any atom is 0.329 e. The van der Waals surface area contributed by atoms with Gasteiger partial charge in [0.1, 0.15) is 12.6 Å². The van der Waals surface area contributed by atoms with Crippen LogP contribution in [0.1, 0.15) is 22.3 Å². The highest BCUT2D eigenvalue weighted by Gasteiger charge is 2.22. The van der Waals surface area contributed by atoms with Crippen LogP contribution in [-0.4, -0.2) is 29.9 Å². The van der Waals surface area contributed by atoms with E-state index >= 15 is 0 Å². The number of ether oxygens (including phenoxy) is 1. The van der Waals surface area contributed by atoms with Crippen LogP contribution in [0.25, 0.3) is 0 Å². The van der Waals surface area contributed by atoms with Gasteiger partial charge in [0.05, 0.1) is 0 Å². The lowest BCUT2D eigenvalue weighted by molar-refractivity contribution is -0.147. The molecule has 0 fully saturated rings. The van der Waals surface area contributed by atoms with Crippen LogP contribution in [0.15, 0.2) is 54.6 Å². The van der Waals surface area contributed by atoms with E-state index in [-0.39, 0.29) is 12.5 Å². The van der Waals surface area contributed by atoms with E-state index in [1.165, 1.54) is 0 Å². The van der Waals surface area contributed by atoms with Crippen LogP contribution in [-0.2, 0) is 16.1 Å². The Morgan fingerprint density at radius 1 is 1.12 bits per heavy atom. The van der Waals surface area contributed by atoms with E-state index in [0.717, 1.165) is 11.3 Å². The molecule has 2 aromatic rings. The van der Waals surface area contributed by atoms with E-state index in [4.69, 9.17) is 16.3 Å². The van der Waals surface area contributed by atoms with Crippen LogP contribution in [0.5, 0.6) is 0 Å². The van der Waals surface area contributed by atoms with Crippen molar-refractivity contribution >= 4 is 35.2 Å². The third-order valence-electron chi connectivity index (χ3n) is 3.56. The minimum atomic E-state index is -0.692. The highest BCUT2D eigenvalue weighted by molar-refractivity contribution is 7.98. The molecule has 0 aromatic heterocycles. The van der Waals surface area contributed by atoms with E-state index in [2.05, 4.69) is 5.32 Å². The van der Waals surface area contributed by atoms with Gasteiger partial charge in [-0.1, -0.05) is 48.0 Å². The van der Waals surface area contributed by atoms with Crippen LogP contribution in [0.2, 0.25) is 5.02 Å². The summed E-state index contributed by atoms with van der Waals surface area (Å²) in [5, 5.41) is 3.30. The van der Waals surface area contributed by atoms with Crippen molar-refractivity contribution in [1.29, 1.82) is 0 Å². The van der Waals surface area contributed by atoms with Gasteiger partial charge in [0.25, 0.3) is 5.91 Å². The normalized spacial score (nSPS) is 11.6. The van der Waals surface area contributed by atoms with E-state index in [9.17, 15) is 9.59 Å². The van der Waals surface area contributed by atoms with Gasteiger partial charge in [-0.25, -0.2) is 4.79 Å². The molecule has 1 amide bonds. The van der Waals surface area contributed by atoms with Gasteiger partial charge in [-0.3, -0.25) is 4.79 Å². The number of rotatable bonds is 8. The summed E-state index contributed by atoms with van der Waals surface area (Å²) >= 11 is 7.68. The van der Waals surface area contributed by atoms with Gasteiger partial charge in [-0.2, -0.15) is 11.8 Å². The van der Waals surface area contributed by atoms with Gasteiger partial charge in [-0.05, 0) is 36.6 Å². The van der Waals surface area contributed by atoms with Crippen LogP contribution in [0.3, 0.4) is 0 Å². The van der Waals surface area contributed by atoms with Crippen LogP contribution in [0.4, 0.5) is 0 Å². The van der Waals surface area contributed by atoms with Crippen LogP contribution >= 0.6 is 23.4 Å². The second-order valence-corrected chi connectivity index (χ2v) is 6.77. The zero-order chi connectivity index (χ0) is 18.1. The minimum absolute atomic E-state index is 0.0789. The lowest BCUT2D eigenvalue weighted by Crippen LogP contribution is -2.42. The fourth-order valence-electron chi connectivity index (χ4n) is 2.18. The first-order valence-corrected chi connectivity index (χ1v) is 9.64. The molecular formula is C19H20ClNO3S. The number of amides is 1. The van der Waals surface area contributed by atoms with Crippen molar-refractivity contribution in [2.75, 3.05) is 12.0 Å². The number of benzene rings is 2. The molecule has 1 atom stereocenters. The predicted octanol–water partition coefficient (Wildman–Crippen LogP) is 3.93. The van der Waals surface area contributed by atoms with Gasteiger partial charge in [0.15, 0.2) is 0 Å². The summed E-state index contributed by atoms with van der Waals surface area (Å²) in [6, 6.07) is 15.3. The topological polar surface area (TPSA) is 55.4 Å². The molecule has 0 radical (unpaired) electrons. The first-order chi connectivity index (χ1) is 12.1. The van der Waals surface area contributed by atoms with Gasteiger partial charge in [-0.15, -0.1) is 0 Å². The van der Waals surface area contributed by atoms with Crippen LogP contribution < -0.4 is 5.32 Å². The molecule has 2 aromatic carbocycles. The number of hydrogen-bond acceptors (Lipinski definition) is 4. The standard InChI is InChI=1S/C19H20ClNO3S/c1-25-12-11-17(21-18(22)14-7-3-2-4-8-14)19(23)24-13-15-9-5-6-10-16(15)20/h2-10,17H,11-13H2,1H3,(H,21,22). The number of thioether (sulfide) groups is 1. The molecule has 0 aliphatic rings. The average molecular weight is 378 g/mol. The minimum Gasteiger partial charge on any atom is -0.459 e. The third-order valence-corrected chi connectivity index (χ3v) is 4.58. The quantitative estimate of drug-likeness (QED) is 0.708. The smallest absolute Gasteiger partial charge is 0.329 e. The molecule has 0 spiro atoms. The Labute approximate surface area is 156 Å². The van der Waals surface area contributed by atoms with Gasteiger partial charge in [0, 0.05) is 16.1 Å².